The first-order valence-corrected chi connectivity index (χ1v) is 33.5. The second kappa shape index (κ2) is 31.2. The van der Waals surface area contributed by atoms with Gasteiger partial charge in [0.15, 0.2) is 17.5 Å². The summed E-state index contributed by atoms with van der Waals surface area (Å²) in [5.41, 5.74) is -1.19. The number of ketones is 2. The van der Waals surface area contributed by atoms with Crippen LogP contribution in [0.1, 0.15) is 182 Å². The molecule has 11 atom stereocenters. The number of hydrogen-bond donors (Lipinski definition) is 4. The number of hydroxylamine groups is 1. The lowest BCUT2D eigenvalue weighted by molar-refractivity contribution is -0.346. The zero-order chi connectivity index (χ0) is 71.9. The summed E-state index contributed by atoms with van der Waals surface area (Å²) in [6, 6.07) is 24.1. The van der Waals surface area contributed by atoms with Crippen LogP contribution in [0.3, 0.4) is 0 Å². The average molecular weight is 1370 g/mol. The number of aliphatic imine (C=N–C) groups is 1. The Kier molecular flexibility index (Phi) is 23.5. The van der Waals surface area contributed by atoms with Crippen LogP contribution >= 0.6 is 0 Å². The van der Waals surface area contributed by atoms with E-state index >= 15 is 9.59 Å². The minimum atomic E-state index is -2.80. The molecule has 3 aliphatic carbocycles. The molecule has 528 valence electrons. The molecule has 4 aromatic rings. The van der Waals surface area contributed by atoms with Crippen LogP contribution in [0.15, 0.2) is 131 Å². The molecule has 0 radical (unpaired) electrons. The predicted octanol–water partition coefficient (Wildman–Crippen LogP) is 9.83. The van der Waals surface area contributed by atoms with Gasteiger partial charge in [0.1, 0.15) is 35.7 Å². The number of allylic oxidation sites excluding steroid dienone is 3. The van der Waals surface area contributed by atoms with E-state index in [4.69, 9.17) is 33.3 Å². The molecule has 3 fully saturated rings. The minimum absolute atomic E-state index is 0.00118. The Morgan fingerprint density at radius 1 is 0.768 bits per heavy atom. The van der Waals surface area contributed by atoms with Gasteiger partial charge in [-0.05, 0) is 131 Å². The second-order valence-corrected chi connectivity index (χ2v) is 27.1. The number of unbranched alkanes of at least 4 members (excludes halogenated alkanes) is 3. The summed E-state index contributed by atoms with van der Waals surface area (Å²) in [6.07, 6.45) is -7.10. The Balaban J connectivity index is 0.906. The van der Waals surface area contributed by atoms with Gasteiger partial charge in [-0.15, -0.1) is 0 Å². The number of esters is 5. The fourth-order valence-corrected chi connectivity index (χ4v) is 15.1. The predicted molar refractivity (Wildman–Crippen MR) is 358 cm³/mol. The van der Waals surface area contributed by atoms with Gasteiger partial charge in [0.25, 0.3) is 5.91 Å². The molecule has 9 rings (SSSR count). The van der Waals surface area contributed by atoms with Crippen molar-refractivity contribution >= 4 is 72.0 Å². The fraction of sp³-hybridized carbons (Fsp3) is 0.486. The maximum absolute atomic E-state index is 15.9. The molecule has 22 nitrogen and oxygen atoms in total. The first-order valence-electron chi connectivity index (χ1n) is 33.5. The molecule has 2 bridgehead atoms. The molecular weight excluding hydrogens is 1280 g/mol. The van der Waals surface area contributed by atoms with Gasteiger partial charge in [0.2, 0.25) is 6.10 Å². The monoisotopic (exact) mass is 1370 g/mol. The van der Waals surface area contributed by atoms with Gasteiger partial charge in [0, 0.05) is 86.1 Å². The summed E-state index contributed by atoms with van der Waals surface area (Å²) in [7, 11) is -2.80. The largest absolute Gasteiger partial charge is 0.677 e. The van der Waals surface area contributed by atoms with E-state index in [9.17, 15) is 52.4 Å². The summed E-state index contributed by atoms with van der Waals surface area (Å²) in [4.78, 5) is 137. The number of carbonyl (C=O) groups excluding carboxylic acids is 9. The molecule has 2 saturated carbocycles. The number of nitrogens with zero attached hydrogens (tertiary/aromatic N) is 2. The molecule has 3 aromatic carbocycles. The number of fused-ring (bicyclic) bond motifs is 5. The average Bonchev–Trinajstić information content (AvgIpc) is 1.22. The molecule has 3 heterocycles. The SMILES string of the molecule is CC(=O)O[C@H]1C(=O)[C@@]2(C)C(C(OC(=O)c3ccccc3)[C@]3(O)CC(OC(=O)C(OC(=O)CCCC(=O)CCCCCCNOC(=O)CC/C(=C4/N=C(C)C=C4C)c4c(C)cc(C)n4B(F)F)C(NC(=O)c4ccccc4)c4ccccc4)C(C)=C1C3(C)C)[C@]1(OC(C)=O)CO[C@@H]1C[C@@H]2O. The Bertz CT molecular complexity index is 3870. The third-order valence-electron chi connectivity index (χ3n) is 20.1. The van der Waals surface area contributed by atoms with E-state index in [2.05, 4.69) is 15.8 Å². The highest BCUT2D eigenvalue weighted by atomic mass is 19.2. The van der Waals surface area contributed by atoms with E-state index in [0.717, 1.165) is 29.6 Å². The number of aliphatic hydroxyl groups is 2. The van der Waals surface area contributed by atoms with Crippen molar-refractivity contribution in [3.05, 3.63) is 159 Å². The number of ether oxygens (including phenoxy) is 6. The van der Waals surface area contributed by atoms with Crippen LogP contribution in [0.2, 0.25) is 0 Å². The van der Waals surface area contributed by atoms with Crippen molar-refractivity contribution in [2.24, 2.45) is 21.7 Å². The van der Waals surface area contributed by atoms with Crippen LogP contribution in [-0.2, 0) is 66.8 Å². The number of aryl methyl sites for hydroxylation is 2. The van der Waals surface area contributed by atoms with Crippen molar-refractivity contribution in [1.29, 1.82) is 0 Å². The molecule has 2 aliphatic heterocycles. The van der Waals surface area contributed by atoms with Gasteiger partial charge < -0.3 is 53.3 Å². The van der Waals surface area contributed by atoms with Crippen molar-refractivity contribution < 1.29 is 95.3 Å². The first-order chi connectivity index (χ1) is 46.9. The van der Waals surface area contributed by atoms with Gasteiger partial charge in [-0.3, -0.25) is 47.2 Å². The number of Topliss-reactive ketones (excluding diaryl/α,β-unsaturated/α-hetero) is 2. The quantitative estimate of drug-likeness (QED) is 0.0103. The first kappa shape index (κ1) is 74.4. The van der Waals surface area contributed by atoms with Gasteiger partial charge in [-0.1, -0.05) is 93.4 Å². The van der Waals surface area contributed by atoms with Crippen LogP contribution in [0.25, 0.3) is 5.57 Å². The number of aromatic nitrogens is 1. The van der Waals surface area contributed by atoms with E-state index in [0.29, 0.717) is 60.4 Å². The molecule has 5 aliphatic rings. The van der Waals surface area contributed by atoms with Crippen LogP contribution in [-0.4, -0.2) is 142 Å². The zero-order valence-corrected chi connectivity index (χ0v) is 57.5. The summed E-state index contributed by atoms with van der Waals surface area (Å²) in [5, 5.41) is 29.3. The van der Waals surface area contributed by atoms with E-state index in [1.807, 2.05) is 19.9 Å². The summed E-state index contributed by atoms with van der Waals surface area (Å²) in [5.74, 6) is -8.96. The van der Waals surface area contributed by atoms with Crippen molar-refractivity contribution in [3.63, 3.8) is 0 Å². The number of hydrogen-bond acceptors (Lipinski definition) is 20. The van der Waals surface area contributed by atoms with E-state index in [-0.39, 0.29) is 85.2 Å². The molecule has 25 heteroatoms. The van der Waals surface area contributed by atoms with Crippen LogP contribution in [0, 0.1) is 30.6 Å². The number of rotatable bonds is 28. The highest BCUT2D eigenvalue weighted by molar-refractivity contribution is 6.41. The van der Waals surface area contributed by atoms with Crippen molar-refractivity contribution in [2.75, 3.05) is 13.2 Å². The molecule has 99 heavy (non-hydrogen) atoms. The number of benzene rings is 3. The zero-order valence-electron chi connectivity index (χ0n) is 57.5. The number of amides is 1. The highest BCUT2D eigenvalue weighted by Crippen LogP contribution is 2.64. The Hall–Kier alpha value is -8.78. The van der Waals surface area contributed by atoms with E-state index in [1.165, 1.54) is 52.0 Å². The van der Waals surface area contributed by atoms with Gasteiger partial charge in [-0.2, -0.15) is 5.48 Å². The van der Waals surface area contributed by atoms with Gasteiger partial charge >= 0.3 is 43.2 Å². The number of nitrogens with one attached hydrogen (secondary N) is 2. The van der Waals surface area contributed by atoms with Gasteiger partial charge in [-0.25, -0.2) is 9.59 Å². The van der Waals surface area contributed by atoms with Gasteiger partial charge in [0.05, 0.1) is 41.7 Å². The third-order valence-corrected chi connectivity index (χ3v) is 20.1. The molecule has 1 amide bonds. The maximum Gasteiger partial charge on any atom is 0.677 e. The van der Waals surface area contributed by atoms with Crippen molar-refractivity contribution in [1.82, 2.24) is 15.3 Å². The molecule has 4 N–H and O–H groups in total. The lowest BCUT2D eigenvalue weighted by Crippen LogP contribution is -2.82. The van der Waals surface area contributed by atoms with Crippen LogP contribution in [0.4, 0.5) is 8.63 Å². The Labute approximate surface area is 574 Å². The standard InChI is InChI=1S/C74H87BF2N4O18/c1-42-37-44(3)79-60(42)53(62-43(2)38-45(4)81(62)75(76)77)34-35-58(87)99-78-36-23-12-11-22-31-52(84)32-24-33-57(86)96-64(61(49-25-16-13-17-26-49)80-68(89)50-27-18-14-19-28-50)70(91)95-54-40-74(92)67(97-69(90)51-29-20-15-21-30-51)65-72(10,55(85)39-56-73(65,41-93-56)98-48(7)83)66(88)63(94-47(6)82)59(46(54)5)71(74,8)9/h13-21,25-30,37-38,54-56,61,63-65,67,78,85,92H,11-12,22-24,31-36,39-41H2,1-10H3,(H,80,89)/b60-53-/t54?,55-,56+,61?,63+,64?,65?,67?,72+,73-,74+/m0/s1. The molecule has 5 unspecified atom stereocenters. The summed E-state index contributed by atoms with van der Waals surface area (Å²) in [6.45, 7) is 15.1. The summed E-state index contributed by atoms with van der Waals surface area (Å²) < 4.78 is 66.7. The van der Waals surface area contributed by atoms with Crippen LogP contribution in [0.5, 0.6) is 0 Å². The van der Waals surface area contributed by atoms with Crippen LogP contribution < -0.4 is 10.8 Å². The number of halogens is 2. The highest BCUT2D eigenvalue weighted by Gasteiger charge is 2.78. The normalized spacial score (nSPS) is 25.5. The number of aliphatic hydroxyl groups excluding tert-OH is 1. The Morgan fingerprint density at radius 3 is 2.01 bits per heavy atom. The topological polar surface area (TPSA) is 300 Å². The lowest BCUT2D eigenvalue weighted by atomic mass is 9.44. The molecule has 1 aromatic heterocycles. The molecule has 1 saturated heterocycles. The number of carbonyl (C=O) groups is 9. The molecular formula is C74H87BF2N4O18. The molecule has 0 spiro atoms. The van der Waals surface area contributed by atoms with E-state index in [1.54, 1.807) is 86.6 Å². The van der Waals surface area contributed by atoms with E-state index < -0.39 is 132 Å². The third kappa shape index (κ3) is 15.7. The smallest absolute Gasteiger partial charge is 0.455 e. The lowest BCUT2D eigenvalue weighted by Gasteiger charge is -2.67. The van der Waals surface area contributed by atoms with Crippen molar-refractivity contribution in [2.45, 2.75) is 200 Å². The maximum atomic E-state index is 15.9. The summed E-state index contributed by atoms with van der Waals surface area (Å²) >= 11 is 0. The Morgan fingerprint density at radius 2 is 1.40 bits per heavy atom. The fourth-order valence-electron chi connectivity index (χ4n) is 15.1. The van der Waals surface area contributed by atoms with Crippen molar-refractivity contribution in [3.8, 4) is 0 Å². The minimum Gasteiger partial charge on any atom is -0.455 e. The second-order valence-electron chi connectivity index (χ2n) is 27.1.